The van der Waals surface area contributed by atoms with Gasteiger partial charge < -0.3 is 0 Å². The van der Waals surface area contributed by atoms with Crippen LogP contribution in [0.25, 0.3) is 5.57 Å². The third-order valence-corrected chi connectivity index (χ3v) is 3.89. The van der Waals surface area contributed by atoms with E-state index in [1.165, 1.54) is 17.5 Å². The molecule has 0 aliphatic heterocycles. The fourth-order valence-electron chi connectivity index (χ4n) is 1.81. The molecule has 0 aromatic heterocycles. The molecule has 0 saturated carbocycles. The molecule has 0 amide bonds. The molecule has 25 heavy (non-hydrogen) atoms. The lowest BCUT2D eigenvalue weighted by Crippen LogP contribution is -2.21. The Morgan fingerprint density at radius 3 is 1.76 bits per heavy atom. The van der Waals surface area contributed by atoms with Crippen LogP contribution in [-0.2, 0) is 4.79 Å². The van der Waals surface area contributed by atoms with Gasteiger partial charge in [0, 0.05) is 10.4 Å². The van der Waals surface area contributed by atoms with Gasteiger partial charge in [0.05, 0.1) is 0 Å². The lowest BCUT2D eigenvalue weighted by molar-refractivity contribution is -0.124. The van der Waals surface area contributed by atoms with Crippen LogP contribution < -0.4 is 0 Å². The van der Waals surface area contributed by atoms with Crippen molar-refractivity contribution in [2.45, 2.75) is 89.0 Å². The minimum atomic E-state index is -0.390. The summed E-state index contributed by atoms with van der Waals surface area (Å²) in [4.78, 5) is 11.6. The summed E-state index contributed by atoms with van der Waals surface area (Å²) < 4.78 is 0. The topological polar surface area (TPSA) is 17.1 Å². The van der Waals surface area contributed by atoms with Crippen LogP contribution in [0.5, 0.6) is 0 Å². The third-order valence-electron chi connectivity index (χ3n) is 3.57. The van der Waals surface area contributed by atoms with Gasteiger partial charge in [-0.05, 0) is 55.5 Å². The Morgan fingerprint density at radius 1 is 1.04 bits per heavy atom. The van der Waals surface area contributed by atoms with Gasteiger partial charge in [-0.25, -0.2) is 0 Å². The third kappa shape index (κ3) is 11.2. The van der Waals surface area contributed by atoms with Gasteiger partial charge >= 0.3 is 0 Å². The maximum atomic E-state index is 11.6. The lowest BCUT2D eigenvalue weighted by atomic mass is 9.80. The molecule has 0 saturated heterocycles. The SMILES string of the molecule is C=C(CC(C)(C)C(C)=O)c1cc(C)c(C)cc1Cl.CC.CC.CCC. The second-order valence-electron chi connectivity index (χ2n) is 6.34. The summed E-state index contributed by atoms with van der Waals surface area (Å²) in [6.45, 7) is 25.9. The predicted molar refractivity (Wildman–Crippen MR) is 118 cm³/mol. The number of rotatable bonds is 4. The lowest BCUT2D eigenvalue weighted by Gasteiger charge is -2.23. The van der Waals surface area contributed by atoms with Gasteiger partial charge in [0.25, 0.3) is 0 Å². The number of carbonyl (C=O) groups excluding carboxylic acids is 1. The molecule has 0 N–H and O–H groups in total. The molecule has 0 heterocycles. The number of Topliss-reactive ketones (excluding diaryl/α,β-unsaturated/α-hetero) is 1. The predicted octanol–water partition coefficient (Wildman–Crippen LogP) is 8.44. The molecule has 0 bridgehead atoms. The smallest absolute Gasteiger partial charge is 0.135 e. The summed E-state index contributed by atoms with van der Waals surface area (Å²) in [5.74, 6) is 0.170. The van der Waals surface area contributed by atoms with Crippen LogP contribution in [0.4, 0.5) is 0 Å². The Labute approximate surface area is 162 Å². The molecule has 0 fully saturated rings. The highest BCUT2D eigenvalue weighted by molar-refractivity contribution is 6.32. The number of hydrogen-bond donors (Lipinski definition) is 0. The number of aryl methyl sites for hydroxylation is 2. The summed E-state index contributed by atoms with van der Waals surface area (Å²) in [6, 6.07) is 4.01. The first-order valence-electron chi connectivity index (χ1n) is 9.52. The number of ketones is 1. The van der Waals surface area contributed by atoms with Crippen LogP contribution in [0.3, 0.4) is 0 Å². The summed E-state index contributed by atoms with van der Waals surface area (Å²) in [7, 11) is 0. The highest BCUT2D eigenvalue weighted by atomic mass is 35.5. The molecule has 0 aliphatic carbocycles. The van der Waals surface area contributed by atoms with E-state index >= 15 is 0 Å². The van der Waals surface area contributed by atoms with Crippen molar-refractivity contribution in [3.63, 3.8) is 0 Å². The Hall–Kier alpha value is -1.08. The average Bonchev–Trinajstić information content (AvgIpc) is 2.55. The van der Waals surface area contributed by atoms with Gasteiger partial charge in [0.1, 0.15) is 5.78 Å². The highest BCUT2D eigenvalue weighted by Gasteiger charge is 2.25. The van der Waals surface area contributed by atoms with E-state index in [-0.39, 0.29) is 11.2 Å². The molecule has 1 aromatic rings. The maximum absolute atomic E-state index is 11.6. The van der Waals surface area contributed by atoms with Crippen molar-refractivity contribution in [2.75, 3.05) is 0 Å². The van der Waals surface area contributed by atoms with Crippen LogP contribution in [0.1, 0.15) is 91.8 Å². The molecule has 0 aliphatic rings. The molecule has 1 nitrogen and oxygen atoms in total. The van der Waals surface area contributed by atoms with Crippen LogP contribution in [-0.4, -0.2) is 5.78 Å². The molecule has 0 radical (unpaired) electrons. The number of halogens is 1. The van der Waals surface area contributed by atoms with Gasteiger partial charge in [-0.1, -0.05) is 86.1 Å². The van der Waals surface area contributed by atoms with E-state index in [0.29, 0.717) is 11.4 Å². The Kier molecular flexibility index (Phi) is 17.5. The fraction of sp³-hybridized carbons (Fsp3) is 0.609. The van der Waals surface area contributed by atoms with E-state index in [1.807, 2.05) is 54.5 Å². The van der Waals surface area contributed by atoms with Crippen molar-refractivity contribution in [2.24, 2.45) is 5.41 Å². The molecule has 1 rings (SSSR count). The Balaban J connectivity index is -0.000000605. The molecule has 1 aromatic carbocycles. The van der Waals surface area contributed by atoms with E-state index < -0.39 is 0 Å². The Morgan fingerprint density at radius 2 is 1.40 bits per heavy atom. The van der Waals surface area contributed by atoms with Gasteiger partial charge in [-0.15, -0.1) is 0 Å². The zero-order valence-electron chi connectivity index (χ0n) is 18.6. The monoisotopic (exact) mass is 368 g/mol. The van der Waals surface area contributed by atoms with Gasteiger partial charge in [-0.2, -0.15) is 0 Å². The van der Waals surface area contributed by atoms with Crippen LogP contribution in [0.15, 0.2) is 18.7 Å². The maximum Gasteiger partial charge on any atom is 0.135 e. The molecule has 2 heteroatoms. The van der Waals surface area contributed by atoms with Crippen molar-refractivity contribution in [1.29, 1.82) is 0 Å². The van der Waals surface area contributed by atoms with E-state index in [4.69, 9.17) is 11.6 Å². The number of benzene rings is 1. The fourth-order valence-corrected chi connectivity index (χ4v) is 2.16. The zero-order chi connectivity index (χ0) is 20.8. The molecule has 146 valence electrons. The van der Waals surface area contributed by atoms with E-state index in [9.17, 15) is 4.79 Å². The standard InChI is InChI=1S/C16H21ClO.C3H8.2C2H6/c1-10-7-14(15(17)8-11(10)2)12(3)9-16(5,6)13(4)18;1-3-2;2*1-2/h7-8H,3,9H2,1-2,4-6H3;3H2,1-2H3;2*1-2H3. The van der Waals surface area contributed by atoms with Crippen molar-refractivity contribution in [3.05, 3.63) is 40.4 Å². The molecule has 0 spiro atoms. The Bertz CT molecular complexity index is 513. The number of hydrogen-bond acceptors (Lipinski definition) is 1. The first-order valence-corrected chi connectivity index (χ1v) is 9.90. The van der Waals surface area contributed by atoms with Gasteiger partial charge in [-0.3, -0.25) is 4.79 Å². The summed E-state index contributed by atoms with van der Waals surface area (Å²) in [5.41, 5.74) is 3.84. The largest absolute Gasteiger partial charge is 0.299 e. The first kappa shape index (κ1) is 28.7. The number of allylic oxidation sites excluding steroid dienone is 1. The zero-order valence-corrected chi connectivity index (χ0v) is 19.3. The van der Waals surface area contributed by atoms with Crippen molar-refractivity contribution < 1.29 is 4.79 Å². The van der Waals surface area contributed by atoms with Gasteiger partial charge in [0.15, 0.2) is 0 Å². The van der Waals surface area contributed by atoms with Crippen LogP contribution >= 0.6 is 11.6 Å². The second kappa shape index (κ2) is 15.2. The quantitative estimate of drug-likeness (QED) is 0.520. The highest BCUT2D eigenvalue weighted by Crippen LogP contribution is 2.34. The van der Waals surface area contributed by atoms with Crippen LogP contribution in [0.2, 0.25) is 5.02 Å². The minimum absolute atomic E-state index is 0.170. The van der Waals surface area contributed by atoms with Gasteiger partial charge in [0.2, 0.25) is 0 Å². The normalized spacial score (nSPS) is 9.44. The molecule has 0 atom stereocenters. The van der Waals surface area contributed by atoms with E-state index in [1.54, 1.807) is 6.92 Å². The number of carbonyl (C=O) groups is 1. The second-order valence-corrected chi connectivity index (χ2v) is 6.75. The van der Waals surface area contributed by atoms with E-state index in [2.05, 4.69) is 33.4 Å². The van der Waals surface area contributed by atoms with Crippen LogP contribution in [0, 0.1) is 19.3 Å². The summed E-state index contributed by atoms with van der Waals surface area (Å²) >= 11 is 6.26. The van der Waals surface area contributed by atoms with Crippen molar-refractivity contribution in [1.82, 2.24) is 0 Å². The average molecular weight is 369 g/mol. The minimum Gasteiger partial charge on any atom is -0.299 e. The van der Waals surface area contributed by atoms with Crippen molar-refractivity contribution >= 4 is 23.0 Å². The molecular formula is C23H41ClO. The first-order chi connectivity index (χ1) is 11.6. The molecule has 0 unspecified atom stereocenters. The van der Waals surface area contributed by atoms with Crippen molar-refractivity contribution in [3.8, 4) is 0 Å². The molecular weight excluding hydrogens is 328 g/mol. The summed E-state index contributed by atoms with van der Waals surface area (Å²) in [6.07, 6.45) is 1.88. The summed E-state index contributed by atoms with van der Waals surface area (Å²) in [5, 5.41) is 0.711. The van der Waals surface area contributed by atoms with E-state index in [0.717, 1.165) is 11.1 Å².